The zero-order valence-electron chi connectivity index (χ0n) is 14.6. The van der Waals surface area contributed by atoms with Crippen molar-refractivity contribution in [1.29, 1.82) is 0 Å². The second-order valence-electron chi connectivity index (χ2n) is 7.41. The third-order valence-electron chi connectivity index (χ3n) is 5.95. The molecule has 1 heterocycles. The predicted molar refractivity (Wildman–Crippen MR) is 92.4 cm³/mol. The van der Waals surface area contributed by atoms with Gasteiger partial charge in [0.15, 0.2) is 0 Å². The average molecular weight is 320 g/mol. The Morgan fingerprint density at radius 2 is 1.91 bits per heavy atom. The Labute approximate surface area is 140 Å². The van der Waals surface area contributed by atoms with Gasteiger partial charge in [0.05, 0.1) is 13.2 Å². The van der Waals surface area contributed by atoms with Crippen molar-refractivity contribution in [3.8, 4) is 0 Å². The molecule has 0 bridgehead atoms. The maximum atomic E-state index is 13.3. The van der Waals surface area contributed by atoms with Crippen LogP contribution in [0.3, 0.4) is 0 Å². The first kappa shape index (κ1) is 17.0. The van der Waals surface area contributed by atoms with Crippen LogP contribution >= 0.6 is 0 Å². The van der Waals surface area contributed by atoms with Crippen LogP contribution in [0.2, 0.25) is 0 Å². The number of nitrogens with zero attached hydrogens (tertiary/aromatic N) is 1. The molecule has 1 aliphatic heterocycles. The van der Waals surface area contributed by atoms with E-state index in [4.69, 9.17) is 4.74 Å². The number of hydrogen-bond acceptors (Lipinski definition) is 3. The molecular weight excluding hydrogens is 288 g/mol. The Hall–Kier alpha value is -0.870. The fourth-order valence-corrected chi connectivity index (χ4v) is 4.49. The van der Waals surface area contributed by atoms with Gasteiger partial charge < -0.3 is 10.1 Å². The van der Waals surface area contributed by atoms with E-state index in [1.807, 2.05) is 0 Å². The van der Waals surface area contributed by atoms with Gasteiger partial charge in [0.1, 0.15) is 5.54 Å². The molecule has 2 aliphatic carbocycles. The monoisotopic (exact) mass is 320 g/mol. The summed E-state index contributed by atoms with van der Waals surface area (Å²) in [5, 5.41) is 3.37. The molecule has 0 radical (unpaired) electrons. The van der Waals surface area contributed by atoms with Crippen molar-refractivity contribution in [2.75, 3.05) is 26.3 Å². The van der Waals surface area contributed by atoms with E-state index in [0.717, 1.165) is 45.6 Å². The summed E-state index contributed by atoms with van der Waals surface area (Å²) in [6.45, 7) is 5.46. The van der Waals surface area contributed by atoms with Gasteiger partial charge >= 0.3 is 0 Å². The summed E-state index contributed by atoms with van der Waals surface area (Å²) in [6, 6.07) is 0.183. The molecule has 130 valence electrons. The first-order valence-electron chi connectivity index (χ1n) is 9.55. The van der Waals surface area contributed by atoms with Crippen LogP contribution in [0.1, 0.15) is 64.7 Å². The quantitative estimate of drug-likeness (QED) is 0.810. The number of rotatable bonds is 4. The molecule has 1 unspecified atom stereocenters. The van der Waals surface area contributed by atoms with Gasteiger partial charge in [-0.2, -0.15) is 0 Å². The van der Waals surface area contributed by atoms with Crippen molar-refractivity contribution in [2.45, 2.75) is 76.3 Å². The van der Waals surface area contributed by atoms with Crippen LogP contribution in [-0.4, -0.2) is 48.7 Å². The molecule has 0 spiro atoms. The molecule has 1 atom stereocenters. The predicted octanol–water partition coefficient (Wildman–Crippen LogP) is 3.03. The molecule has 2 fully saturated rings. The van der Waals surface area contributed by atoms with E-state index in [9.17, 15) is 4.79 Å². The van der Waals surface area contributed by atoms with Gasteiger partial charge in [0.25, 0.3) is 0 Å². The third kappa shape index (κ3) is 3.80. The first-order valence-corrected chi connectivity index (χ1v) is 9.55. The van der Waals surface area contributed by atoms with E-state index < -0.39 is 0 Å². The molecule has 1 saturated heterocycles. The van der Waals surface area contributed by atoms with Gasteiger partial charge in [0.2, 0.25) is 5.91 Å². The van der Waals surface area contributed by atoms with Gasteiger partial charge in [-0.1, -0.05) is 30.9 Å². The molecule has 0 aromatic heterocycles. The molecule has 4 nitrogen and oxygen atoms in total. The highest BCUT2D eigenvalue weighted by molar-refractivity contribution is 5.87. The summed E-state index contributed by atoms with van der Waals surface area (Å²) in [4.78, 5) is 15.7. The second kappa shape index (κ2) is 7.80. The van der Waals surface area contributed by atoms with E-state index in [0.29, 0.717) is 0 Å². The standard InChI is InChI=1S/C19H32N2O2/c1-16(17-8-4-2-5-9-17)20-18(22)19(10-6-3-7-11-19)21-12-14-23-15-13-21/h8,16H,2-7,9-15H2,1H3,(H,20,22). The minimum absolute atomic E-state index is 0.183. The Balaban J connectivity index is 1.70. The van der Waals surface area contributed by atoms with Gasteiger partial charge in [-0.05, 0) is 45.4 Å². The topological polar surface area (TPSA) is 41.6 Å². The Morgan fingerprint density at radius 1 is 1.17 bits per heavy atom. The normalized spacial score (nSPS) is 27.1. The number of ether oxygens (including phenoxy) is 1. The highest BCUT2D eigenvalue weighted by atomic mass is 16.5. The maximum Gasteiger partial charge on any atom is 0.240 e. The van der Waals surface area contributed by atoms with E-state index in [1.165, 1.54) is 44.1 Å². The van der Waals surface area contributed by atoms with Crippen LogP contribution in [0.15, 0.2) is 11.6 Å². The van der Waals surface area contributed by atoms with Crippen molar-refractivity contribution in [3.63, 3.8) is 0 Å². The SMILES string of the molecule is CC(NC(=O)C1(N2CCOCC2)CCCCC1)C1=CCCCC1. The van der Waals surface area contributed by atoms with Crippen molar-refractivity contribution in [1.82, 2.24) is 10.2 Å². The molecule has 23 heavy (non-hydrogen) atoms. The lowest BCUT2D eigenvalue weighted by Gasteiger charge is -2.47. The first-order chi connectivity index (χ1) is 11.2. The highest BCUT2D eigenvalue weighted by Gasteiger charge is 2.45. The van der Waals surface area contributed by atoms with Crippen LogP contribution in [0.5, 0.6) is 0 Å². The van der Waals surface area contributed by atoms with Crippen molar-refractivity contribution in [2.24, 2.45) is 0 Å². The summed E-state index contributed by atoms with van der Waals surface area (Å²) in [5.41, 5.74) is 1.14. The highest BCUT2D eigenvalue weighted by Crippen LogP contribution is 2.35. The van der Waals surface area contributed by atoms with Crippen LogP contribution in [0.25, 0.3) is 0 Å². The lowest BCUT2D eigenvalue weighted by Crippen LogP contribution is -2.63. The summed E-state index contributed by atoms with van der Waals surface area (Å²) in [7, 11) is 0. The maximum absolute atomic E-state index is 13.3. The molecular formula is C19H32N2O2. The van der Waals surface area contributed by atoms with Crippen molar-refractivity contribution >= 4 is 5.91 Å². The Morgan fingerprint density at radius 3 is 2.57 bits per heavy atom. The summed E-state index contributed by atoms with van der Waals surface area (Å²) in [6.07, 6.45) is 12.8. The molecule has 1 saturated carbocycles. The lowest BCUT2D eigenvalue weighted by molar-refractivity contribution is -0.140. The summed E-state index contributed by atoms with van der Waals surface area (Å²) < 4.78 is 5.51. The summed E-state index contributed by atoms with van der Waals surface area (Å²) >= 11 is 0. The van der Waals surface area contributed by atoms with Crippen LogP contribution < -0.4 is 5.32 Å². The minimum atomic E-state index is -0.286. The van der Waals surface area contributed by atoms with Crippen LogP contribution in [0, 0.1) is 0 Å². The number of morpholine rings is 1. The fraction of sp³-hybridized carbons (Fsp3) is 0.842. The number of nitrogens with one attached hydrogen (secondary N) is 1. The molecule has 1 amide bonds. The van der Waals surface area contributed by atoms with Crippen LogP contribution in [0.4, 0.5) is 0 Å². The van der Waals surface area contributed by atoms with E-state index in [1.54, 1.807) is 0 Å². The lowest BCUT2D eigenvalue weighted by atomic mass is 9.78. The number of carbonyl (C=O) groups is 1. The zero-order chi connectivity index (χ0) is 16.1. The average Bonchev–Trinajstić information content (AvgIpc) is 2.63. The molecule has 0 aromatic carbocycles. The largest absolute Gasteiger partial charge is 0.379 e. The van der Waals surface area contributed by atoms with Crippen LogP contribution in [-0.2, 0) is 9.53 Å². The number of amides is 1. The van der Waals surface area contributed by atoms with Gasteiger partial charge in [-0.3, -0.25) is 9.69 Å². The zero-order valence-corrected chi connectivity index (χ0v) is 14.6. The fourth-order valence-electron chi connectivity index (χ4n) is 4.49. The van der Waals surface area contributed by atoms with E-state index in [2.05, 4.69) is 23.2 Å². The van der Waals surface area contributed by atoms with Crippen molar-refractivity contribution in [3.05, 3.63) is 11.6 Å². The van der Waals surface area contributed by atoms with Crippen molar-refractivity contribution < 1.29 is 9.53 Å². The van der Waals surface area contributed by atoms with E-state index in [-0.39, 0.29) is 17.5 Å². The molecule has 1 N–H and O–H groups in total. The summed E-state index contributed by atoms with van der Waals surface area (Å²) in [5.74, 6) is 0.262. The minimum Gasteiger partial charge on any atom is -0.379 e. The van der Waals surface area contributed by atoms with Gasteiger partial charge in [0, 0.05) is 19.1 Å². The molecule has 0 aromatic rings. The smallest absolute Gasteiger partial charge is 0.240 e. The number of carbonyl (C=O) groups excluding carboxylic acids is 1. The second-order valence-corrected chi connectivity index (χ2v) is 7.41. The van der Waals surface area contributed by atoms with Gasteiger partial charge in [-0.25, -0.2) is 0 Å². The number of hydrogen-bond donors (Lipinski definition) is 1. The molecule has 3 rings (SSSR count). The Kier molecular flexibility index (Phi) is 5.76. The molecule has 3 aliphatic rings. The van der Waals surface area contributed by atoms with E-state index >= 15 is 0 Å². The number of allylic oxidation sites excluding steroid dienone is 1. The molecule has 4 heteroatoms. The Bertz CT molecular complexity index is 435. The van der Waals surface area contributed by atoms with Gasteiger partial charge in [-0.15, -0.1) is 0 Å². The third-order valence-corrected chi connectivity index (χ3v) is 5.95.